The summed E-state index contributed by atoms with van der Waals surface area (Å²) in [7, 11) is 1.59. The number of carbonyl (C=O) groups excluding carboxylic acids is 2. The van der Waals surface area contributed by atoms with Crippen LogP contribution in [0.5, 0.6) is 0 Å². The van der Waals surface area contributed by atoms with Crippen molar-refractivity contribution in [3.8, 4) is 0 Å². The van der Waals surface area contributed by atoms with E-state index in [-0.39, 0.29) is 24.3 Å². The number of hydrogen-bond acceptors (Lipinski definition) is 5. The number of benzodiazepines with no additional fused rings is 1. The molecule has 0 spiro atoms. The van der Waals surface area contributed by atoms with Crippen LogP contribution in [0.2, 0.25) is 5.02 Å². The van der Waals surface area contributed by atoms with Crippen LogP contribution in [0.25, 0.3) is 0 Å². The molecule has 1 aromatic heterocycles. The van der Waals surface area contributed by atoms with E-state index in [2.05, 4.69) is 9.98 Å². The van der Waals surface area contributed by atoms with E-state index in [1.54, 1.807) is 68.0 Å². The molecule has 0 aliphatic carbocycles. The van der Waals surface area contributed by atoms with Crippen molar-refractivity contribution in [3.05, 3.63) is 94.5 Å². The molecule has 32 heavy (non-hydrogen) atoms. The van der Waals surface area contributed by atoms with Gasteiger partial charge in [-0.05, 0) is 36.4 Å². The Morgan fingerprint density at radius 3 is 2.72 bits per heavy atom. The molecule has 0 radical (unpaired) electrons. The first-order valence-electron chi connectivity index (χ1n) is 9.89. The van der Waals surface area contributed by atoms with Gasteiger partial charge >= 0.3 is 5.97 Å². The van der Waals surface area contributed by atoms with Crippen molar-refractivity contribution < 1.29 is 18.7 Å². The molecule has 8 heteroatoms. The molecule has 0 fully saturated rings. The first-order chi connectivity index (χ1) is 15.4. The minimum absolute atomic E-state index is 0.0309. The van der Waals surface area contributed by atoms with E-state index in [1.165, 1.54) is 11.0 Å². The van der Waals surface area contributed by atoms with E-state index in [0.29, 0.717) is 16.3 Å². The Bertz CT molecular complexity index is 1200. The summed E-state index contributed by atoms with van der Waals surface area (Å²) in [6, 6.07) is 13.5. The normalized spacial score (nSPS) is 15.6. The number of fused-ring (bicyclic) bond motifs is 1. The van der Waals surface area contributed by atoms with E-state index in [9.17, 15) is 14.0 Å². The number of amides is 1. The number of carbonyl (C=O) groups is 2. The smallest absolute Gasteiger partial charge is 0.308 e. The minimum atomic E-state index is -1.08. The van der Waals surface area contributed by atoms with Gasteiger partial charge in [0.05, 0.1) is 17.8 Å². The highest BCUT2D eigenvalue weighted by Gasteiger charge is 2.32. The summed E-state index contributed by atoms with van der Waals surface area (Å²) in [6.45, 7) is 0.0309. The molecule has 3 aromatic rings. The SMILES string of the molecule is CN1C(=O)[C@H](CC(=O)OCc2cccnc2)N=C(c2ccccc2F)c2cc(Cl)ccc21. The molecule has 162 valence electrons. The summed E-state index contributed by atoms with van der Waals surface area (Å²) in [5.41, 5.74) is 2.22. The van der Waals surface area contributed by atoms with E-state index >= 15 is 0 Å². The molecule has 0 saturated carbocycles. The molecule has 0 N–H and O–H groups in total. The van der Waals surface area contributed by atoms with Crippen LogP contribution in [0.15, 0.2) is 72.0 Å². The number of halogens is 2. The number of hydrogen-bond donors (Lipinski definition) is 0. The Balaban J connectivity index is 1.69. The standard InChI is InChI=1S/C24H19ClFN3O3/c1-29-21-9-8-16(25)11-18(21)23(17-6-2-3-7-19(17)26)28-20(24(29)31)12-22(30)32-14-15-5-4-10-27-13-15/h2-11,13,20H,12,14H2,1H3/t20-/m0/s1. The van der Waals surface area contributed by atoms with Gasteiger partial charge < -0.3 is 9.64 Å². The lowest BCUT2D eigenvalue weighted by Crippen LogP contribution is -2.36. The van der Waals surface area contributed by atoms with Crippen molar-refractivity contribution in [1.29, 1.82) is 0 Å². The second-order valence-electron chi connectivity index (χ2n) is 7.26. The van der Waals surface area contributed by atoms with Crippen LogP contribution >= 0.6 is 11.6 Å². The Hall–Kier alpha value is -3.58. The third-order valence-electron chi connectivity index (χ3n) is 5.09. The fraction of sp³-hybridized carbons (Fsp3) is 0.167. The Morgan fingerprint density at radius 1 is 1.16 bits per heavy atom. The zero-order valence-corrected chi connectivity index (χ0v) is 17.9. The van der Waals surface area contributed by atoms with Gasteiger partial charge in [0.2, 0.25) is 0 Å². The lowest BCUT2D eigenvalue weighted by Gasteiger charge is -2.20. The van der Waals surface area contributed by atoms with Crippen LogP contribution in [0.1, 0.15) is 23.1 Å². The molecule has 1 amide bonds. The highest BCUT2D eigenvalue weighted by Crippen LogP contribution is 2.31. The summed E-state index contributed by atoms with van der Waals surface area (Å²) in [5.74, 6) is -1.49. The van der Waals surface area contributed by atoms with Crippen molar-refractivity contribution >= 4 is 34.9 Å². The van der Waals surface area contributed by atoms with Crippen LogP contribution < -0.4 is 4.90 Å². The number of rotatable bonds is 5. The van der Waals surface area contributed by atoms with Gasteiger partial charge in [-0.25, -0.2) is 4.39 Å². The van der Waals surface area contributed by atoms with Gasteiger partial charge in [-0.1, -0.05) is 29.8 Å². The highest BCUT2D eigenvalue weighted by molar-refractivity contribution is 6.32. The number of anilines is 1. The van der Waals surface area contributed by atoms with Gasteiger partial charge in [0, 0.05) is 41.2 Å². The fourth-order valence-electron chi connectivity index (χ4n) is 3.48. The van der Waals surface area contributed by atoms with Crippen LogP contribution in [0.4, 0.5) is 10.1 Å². The lowest BCUT2D eigenvalue weighted by atomic mass is 10.00. The zero-order valence-electron chi connectivity index (χ0n) is 17.2. The first-order valence-corrected chi connectivity index (χ1v) is 10.3. The Labute approximate surface area is 189 Å². The van der Waals surface area contributed by atoms with Gasteiger partial charge in [-0.3, -0.25) is 19.6 Å². The average molecular weight is 452 g/mol. The van der Waals surface area contributed by atoms with Crippen molar-refractivity contribution in [3.63, 3.8) is 0 Å². The third kappa shape index (κ3) is 4.53. The molecule has 6 nitrogen and oxygen atoms in total. The molecule has 0 unspecified atom stereocenters. The number of esters is 1. The van der Waals surface area contributed by atoms with Gasteiger partial charge in [-0.2, -0.15) is 0 Å². The van der Waals surface area contributed by atoms with Crippen molar-refractivity contribution in [2.24, 2.45) is 4.99 Å². The minimum Gasteiger partial charge on any atom is -0.461 e. The molecule has 2 aromatic carbocycles. The van der Waals surface area contributed by atoms with Crippen molar-refractivity contribution in [2.45, 2.75) is 19.1 Å². The van der Waals surface area contributed by atoms with Crippen molar-refractivity contribution in [2.75, 3.05) is 11.9 Å². The maximum absolute atomic E-state index is 14.7. The Morgan fingerprint density at radius 2 is 1.97 bits per heavy atom. The number of ether oxygens (including phenoxy) is 1. The third-order valence-corrected chi connectivity index (χ3v) is 5.32. The second kappa shape index (κ2) is 9.28. The number of aliphatic imine (C=N–C) groups is 1. The number of nitrogens with zero attached hydrogens (tertiary/aromatic N) is 3. The van der Waals surface area contributed by atoms with Crippen LogP contribution in [0, 0.1) is 5.82 Å². The van der Waals surface area contributed by atoms with Crippen LogP contribution in [-0.4, -0.2) is 35.7 Å². The number of pyridine rings is 1. The molecule has 1 aliphatic rings. The Kier molecular flexibility index (Phi) is 6.28. The quantitative estimate of drug-likeness (QED) is 0.545. The summed E-state index contributed by atoms with van der Waals surface area (Å²) in [5, 5.41) is 0.419. The monoisotopic (exact) mass is 451 g/mol. The zero-order chi connectivity index (χ0) is 22.7. The van der Waals surface area contributed by atoms with Gasteiger partial charge in [-0.15, -0.1) is 0 Å². The van der Waals surface area contributed by atoms with Crippen LogP contribution in [-0.2, 0) is 20.9 Å². The predicted molar refractivity (Wildman–Crippen MR) is 119 cm³/mol. The van der Waals surface area contributed by atoms with E-state index in [0.717, 1.165) is 5.56 Å². The molecule has 4 rings (SSSR count). The number of aromatic nitrogens is 1. The highest BCUT2D eigenvalue weighted by atomic mass is 35.5. The van der Waals surface area contributed by atoms with E-state index in [4.69, 9.17) is 16.3 Å². The average Bonchev–Trinajstić information content (AvgIpc) is 2.89. The summed E-state index contributed by atoms with van der Waals surface area (Å²) >= 11 is 6.20. The van der Waals surface area contributed by atoms with Gasteiger partial charge in [0.25, 0.3) is 5.91 Å². The number of benzene rings is 2. The molecule has 0 bridgehead atoms. The summed E-state index contributed by atoms with van der Waals surface area (Å²) < 4.78 is 20.0. The maximum atomic E-state index is 14.7. The molecular formula is C24H19ClFN3O3. The largest absolute Gasteiger partial charge is 0.461 e. The molecule has 0 saturated heterocycles. The van der Waals surface area contributed by atoms with E-state index < -0.39 is 23.7 Å². The van der Waals surface area contributed by atoms with Gasteiger partial charge in [0.1, 0.15) is 18.5 Å². The fourth-order valence-corrected chi connectivity index (χ4v) is 3.65. The second-order valence-corrected chi connectivity index (χ2v) is 7.69. The summed E-state index contributed by atoms with van der Waals surface area (Å²) in [6.07, 6.45) is 2.92. The summed E-state index contributed by atoms with van der Waals surface area (Å²) in [4.78, 5) is 35.6. The van der Waals surface area contributed by atoms with E-state index in [1.807, 2.05) is 0 Å². The molecular weight excluding hydrogens is 433 g/mol. The molecule has 2 heterocycles. The topological polar surface area (TPSA) is 71.9 Å². The lowest BCUT2D eigenvalue weighted by molar-refractivity contribution is -0.146. The van der Waals surface area contributed by atoms with Gasteiger partial charge in [0.15, 0.2) is 0 Å². The molecule has 1 atom stereocenters. The first kappa shape index (κ1) is 21.6. The predicted octanol–water partition coefficient (Wildman–Crippen LogP) is 4.19. The van der Waals surface area contributed by atoms with Crippen molar-refractivity contribution in [1.82, 2.24) is 4.98 Å². The maximum Gasteiger partial charge on any atom is 0.308 e. The molecule has 1 aliphatic heterocycles. The van der Waals surface area contributed by atoms with Crippen LogP contribution in [0.3, 0.4) is 0 Å². The number of likely N-dealkylation sites (N-methyl/N-ethyl adjacent to an activating group) is 1.